The number of urea groups is 1. The van der Waals surface area contributed by atoms with Crippen LogP contribution in [0.2, 0.25) is 0 Å². The van der Waals surface area contributed by atoms with E-state index in [-0.39, 0.29) is 11.8 Å². The molecule has 6 heteroatoms. The topological polar surface area (TPSA) is 59.0 Å². The van der Waals surface area contributed by atoms with Gasteiger partial charge in [0.1, 0.15) is 5.82 Å². The van der Waals surface area contributed by atoms with Crippen LogP contribution in [-0.2, 0) is 19.5 Å². The van der Waals surface area contributed by atoms with Crippen LogP contribution in [0.5, 0.6) is 0 Å². The lowest BCUT2D eigenvalue weighted by molar-refractivity contribution is 0.240. The normalized spacial score (nSPS) is 10.5. The number of hydrogen-bond acceptors (Lipinski definition) is 2. The summed E-state index contributed by atoms with van der Waals surface area (Å²) in [4.78, 5) is 11.8. The van der Waals surface area contributed by atoms with Crippen LogP contribution in [0.25, 0.3) is 0 Å². The third kappa shape index (κ3) is 5.17. The summed E-state index contributed by atoms with van der Waals surface area (Å²) < 4.78 is 15.4. The highest BCUT2D eigenvalue weighted by atomic mass is 19.1. The monoisotopic (exact) mass is 352 g/mol. The molecule has 134 valence electrons. The minimum Gasteiger partial charge on any atom is -0.338 e. The fourth-order valence-corrected chi connectivity index (χ4v) is 2.60. The van der Waals surface area contributed by atoms with E-state index in [1.807, 2.05) is 41.2 Å². The van der Waals surface area contributed by atoms with E-state index in [1.165, 1.54) is 6.07 Å². The molecule has 2 N–H and O–H groups in total. The summed E-state index contributed by atoms with van der Waals surface area (Å²) in [5.41, 5.74) is 2.76. The van der Waals surface area contributed by atoms with Gasteiger partial charge < -0.3 is 10.6 Å². The van der Waals surface area contributed by atoms with Crippen molar-refractivity contribution in [2.75, 3.05) is 6.54 Å². The van der Waals surface area contributed by atoms with Crippen molar-refractivity contribution in [2.24, 2.45) is 0 Å². The molecule has 0 saturated heterocycles. The Morgan fingerprint density at radius 2 is 1.77 bits per heavy atom. The number of nitrogens with zero attached hydrogens (tertiary/aromatic N) is 2. The number of carbonyl (C=O) groups excluding carboxylic acids is 1. The molecular weight excluding hydrogens is 331 g/mol. The molecule has 26 heavy (non-hydrogen) atoms. The van der Waals surface area contributed by atoms with E-state index in [9.17, 15) is 9.18 Å². The molecule has 0 atom stereocenters. The van der Waals surface area contributed by atoms with Crippen molar-refractivity contribution in [1.29, 1.82) is 0 Å². The minimum atomic E-state index is -0.262. The van der Waals surface area contributed by atoms with E-state index < -0.39 is 0 Å². The fourth-order valence-electron chi connectivity index (χ4n) is 2.60. The lowest BCUT2D eigenvalue weighted by Crippen LogP contribution is -2.36. The SMILES string of the molecule is O=C(NCCc1ccccc1F)NCc1ccc(Cn2cccn2)cc1. The Bertz CT molecular complexity index is 831. The molecule has 0 radical (unpaired) electrons. The Balaban J connectivity index is 1.39. The molecule has 0 aliphatic rings. The Morgan fingerprint density at radius 1 is 1.00 bits per heavy atom. The van der Waals surface area contributed by atoms with E-state index in [0.717, 1.165) is 17.7 Å². The molecule has 0 unspecified atom stereocenters. The Hall–Kier alpha value is -3.15. The van der Waals surface area contributed by atoms with Crippen LogP contribution in [0.3, 0.4) is 0 Å². The number of benzene rings is 2. The first kappa shape index (κ1) is 17.7. The highest BCUT2D eigenvalue weighted by Gasteiger charge is 2.03. The second kappa shape index (κ2) is 8.80. The second-order valence-electron chi connectivity index (χ2n) is 5.97. The summed E-state index contributed by atoms with van der Waals surface area (Å²) >= 11 is 0. The first-order valence-corrected chi connectivity index (χ1v) is 8.51. The van der Waals surface area contributed by atoms with Gasteiger partial charge in [-0.1, -0.05) is 42.5 Å². The third-order valence-corrected chi connectivity index (χ3v) is 4.02. The van der Waals surface area contributed by atoms with Gasteiger partial charge in [0.15, 0.2) is 0 Å². The van der Waals surface area contributed by atoms with Gasteiger partial charge in [0.25, 0.3) is 0 Å². The molecule has 0 saturated carbocycles. The van der Waals surface area contributed by atoms with Gasteiger partial charge in [-0.05, 0) is 35.2 Å². The summed E-state index contributed by atoms with van der Waals surface area (Å²) in [5.74, 6) is -0.245. The average molecular weight is 352 g/mol. The Labute approximate surface area is 151 Å². The predicted octanol–water partition coefficient (Wildman–Crippen LogP) is 3.11. The molecular formula is C20H21FN4O. The highest BCUT2D eigenvalue weighted by molar-refractivity contribution is 5.73. The number of carbonyl (C=O) groups is 1. The smallest absolute Gasteiger partial charge is 0.315 e. The van der Waals surface area contributed by atoms with Crippen LogP contribution in [0.1, 0.15) is 16.7 Å². The van der Waals surface area contributed by atoms with E-state index in [2.05, 4.69) is 15.7 Å². The fraction of sp³-hybridized carbons (Fsp3) is 0.200. The van der Waals surface area contributed by atoms with Gasteiger partial charge in [-0.2, -0.15) is 5.10 Å². The number of aromatic nitrogens is 2. The third-order valence-electron chi connectivity index (χ3n) is 4.02. The van der Waals surface area contributed by atoms with Crippen molar-refractivity contribution < 1.29 is 9.18 Å². The largest absolute Gasteiger partial charge is 0.338 e. The lowest BCUT2D eigenvalue weighted by atomic mass is 10.1. The Morgan fingerprint density at radius 3 is 2.50 bits per heavy atom. The van der Waals surface area contributed by atoms with Crippen LogP contribution in [0.15, 0.2) is 67.0 Å². The molecule has 5 nitrogen and oxygen atoms in total. The number of halogens is 1. The summed E-state index contributed by atoms with van der Waals surface area (Å²) in [6, 6.07) is 16.2. The van der Waals surface area contributed by atoms with Gasteiger partial charge in [0, 0.05) is 25.5 Å². The summed E-state index contributed by atoms with van der Waals surface area (Å²) in [6.07, 6.45) is 4.13. The van der Waals surface area contributed by atoms with Gasteiger partial charge in [0.05, 0.1) is 6.54 Å². The molecule has 2 amide bonds. The van der Waals surface area contributed by atoms with Gasteiger partial charge >= 0.3 is 6.03 Å². The standard InChI is InChI=1S/C20H21FN4O/c21-19-5-2-1-4-18(19)10-12-22-20(26)23-14-16-6-8-17(9-7-16)15-25-13-3-11-24-25/h1-9,11,13H,10,12,14-15H2,(H2,22,23,26). The number of rotatable bonds is 7. The lowest BCUT2D eigenvalue weighted by Gasteiger charge is -2.09. The van der Waals surface area contributed by atoms with Crippen LogP contribution < -0.4 is 10.6 Å². The van der Waals surface area contributed by atoms with E-state index >= 15 is 0 Å². The maximum absolute atomic E-state index is 13.5. The van der Waals surface area contributed by atoms with Crippen molar-refractivity contribution >= 4 is 6.03 Å². The van der Waals surface area contributed by atoms with Crippen LogP contribution in [0.4, 0.5) is 9.18 Å². The zero-order chi connectivity index (χ0) is 18.2. The van der Waals surface area contributed by atoms with Crippen LogP contribution >= 0.6 is 0 Å². The van der Waals surface area contributed by atoms with E-state index in [0.29, 0.717) is 25.1 Å². The van der Waals surface area contributed by atoms with Gasteiger partial charge in [-0.25, -0.2) is 9.18 Å². The van der Waals surface area contributed by atoms with E-state index in [4.69, 9.17) is 0 Å². The molecule has 0 spiro atoms. The molecule has 2 aromatic carbocycles. The molecule has 0 fully saturated rings. The maximum atomic E-state index is 13.5. The first-order valence-electron chi connectivity index (χ1n) is 8.51. The molecule has 1 heterocycles. The summed E-state index contributed by atoms with van der Waals surface area (Å²) in [7, 11) is 0. The predicted molar refractivity (Wildman–Crippen MR) is 98.1 cm³/mol. The molecule has 1 aromatic heterocycles. The van der Waals surface area contributed by atoms with Gasteiger partial charge in [0.2, 0.25) is 0 Å². The summed E-state index contributed by atoms with van der Waals surface area (Å²) in [6.45, 7) is 1.54. The highest BCUT2D eigenvalue weighted by Crippen LogP contribution is 2.07. The van der Waals surface area contributed by atoms with Gasteiger partial charge in [-0.15, -0.1) is 0 Å². The summed E-state index contributed by atoms with van der Waals surface area (Å²) in [5, 5.41) is 9.72. The minimum absolute atomic E-state index is 0.245. The number of amides is 2. The maximum Gasteiger partial charge on any atom is 0.315 e. The quantitative estimate of drug-likeness (QED) is 0.686. The van der Waals surface area contributed by atoms with Crippen molar-refractivity contribution in [3.63, 3.8) is 0 Å². The van der Waals surface area contributed by atoms with Crippen molar-refractivity contribution in [1.82, 2.24) is 20.4 Å². The zero-order valence-electron chi connectivity index (χ0n) is 14.4. The van der Waals surface area contributed by atoms with Gasteiger partial charge in [-0.3, -0.25) is 4.68 Å². The molecule has 0 aliphatic heterocycles. The van der Waals surface area contributed by atoms with Crippen molar-refractivity contribution in [2.45, 2.75) is 19.5 Å². The van der Waals surface area contributed by atoms with Crippen LogP contribution in [-0.4, -0.2) is 22.4 Å². The average Bonchev–Trinajstić information content (AvgIpc) is 3.16. The van der Waals surface area contributed by atoms with Crippen molar-refractivity contribution in [3.05, 3.63) is 89.5 Å². The van der Waals surface area contributed by atoms with Crippen LogP contribution in [0, 0.1) is 5.82 Å². The number of hydrogen-bond donors (Lipinski definition) is 2. The second-order valence-corrected chi connectivity index (χ2v) is 5.97. The van der Waals surface area contributed by atoms with Crippen molar-refractivity contribution in [3.8, 4) is 0 Å². The first-order chi connectivity index (χ1) is 12.7. The molecule has 3 rings (SSSR count). The van der Waals surface area contributed by atoms with E-state index in [1.54, 1.807) is 24.4 Å². The molecule has 0 aliphatic carbocycles. The number of nitrogens with one attached hydrogen (secondary N) is 2. The molecule has 0 bridgehead atoms. The zero-order valence-corrected chi connectivity index (χ0v) is 14.4. The molecule has 3 aromatic rings. The Kier molecular flexibility index (Phi) is 5.98.